The Morgan fingerprint density at radius 3 is 2.72 bits per heavy atom. The second-order valence-corrected chi connectivity index (χ2v) is 6.65. The van der Waals surface area contributed by atoms with Crippen molar-refractivity contribution in [2.45, 2.75) is 45.4 Å². The number of Topliss-reactive ketones (excluding diaryl/α,β-unsaturated/α-hetero) is 1. The molecule has 1 aromatic carbocycles. The first-order valence-corrected chi connectivity index (χ1v) is 9.42. The Labute approximate surface area is 150 Å². The number of piperidine rings is 1. The molecule has 1 fully saturated rings. The van der Waals surface area contributed by atoms with Crippen LogP contribution in [0.3, 0.4) is 0 Å². The summed E-state index contributed by atoms with van der Waals surface area (Å²) in [5, 5.41) is 6.31. The Bertz CT molecular complexity index is 536. The van der Waals surface area contributed by atoms with Gasteiger partial charge in [-0.05, 0) is 69.0 Å². The molecule has 0 aromatic heterocycles. The van der Waals surface area contributed by atoms with Gasteiger partial charge in [0.1, 0.15) is 5.75 Å². The van der Waals surface area contributed by atoms with E-state index in [0.717, 1.165) is 31.7 Å². The Hall–Kier alpha value is -1.88. The van der Waals surface area contributed by atoms with Crippen LogP contribution in [-0.4, -0.2) is 37.9 Å². The molecule has 5 heteroatoms. The summed E-state index contributed by atoms with van der Waals surface area (Å²) in [6, 6.07) is 7.14. The highest BCUT2D eigenvalue weighted by Crippen LogP contribution is 2.15. The van der Waals surface area contributed by atoms with Gasteiger partial charge in [0.25, 0.3) is 0 Å². The quantitative estimate of drug-likeness (QED) is 0.639. The van der Waals surface area contributed by atoms with Crippen molar-refractivity contribution in [3.63, 3.8) is 0 Å². The minimum absolute atomic E-state index is 0.00586. The molecule has 1 unspecified atom stereocenters. The number of hydrogen-bond donors (Lipinski definition) is 2. The van der Waals surface area contributed by atoms with Crippen molar-refractivity contribution < 1.29 is 14.3 Å². The Kier molecular flexibility index (Phi) is 8.46. The molecule has 1 aliphatic heterocycles. The molecule has 25 heavy (non-hydrogen) atoms. The summed E-state index contributed by atoms with van der Waals surface area (Å²) in [6.45, 7) is 5.57. The number of ether oxygens (including phenoxy) is 1. The normalized spacial score (nSPS) is 17.1. The van der Waals surface area contributed by atoms with E-state index in [1.165, 1.54) is 12.8 Å². The number of carbonyl (C=O) groups is 2. The molecule has 2 N–H and O–H groups in total. The van der Waals surface area contributed by atoms with Crippen LogP contribution in [0.15, 0.2) is 24.3 Å². The van der Waals surface area contributed by atoms with E-state index in [4.69, 9.17) is 4.74 Å². The van der Waals surface area contributed by atoms with Crippen LogP contribution in [0.25, 0.3) is 0 Å². The lowest BCUT2D eigenvalue weighted by atomic mass is 9.96. The van der Waals surface area contributed by atoms with E-state index in [-0.39, 0.29) is 24.5 Å². The Morgan fingerprint density at radius 2 is 2.04 bits per heavy atom. The number of hydrogen-bond acceptors (Lipinski definition) is 4. The van der Waals surface area contributed by atoms with E-state index in [0.29, 0.717) is 24.6 Å². The lowest BCUT2D eigenvalue weighted by molar-refractivity contribution is -0.121. The molecule has 1 amide bonds. The smallest absolute Gasteiger partial charge is 0.220 e. The Morgan fingerprint density at radius 1 is 1.24 bits per heavy atom. The van der Waals surface area contributed by atoms with Crippen molar-refractivity contribution in [2.75, 3.05) is 26.2 Å². The molecule has 138 valence electrons. The molecule has 1 aromatic rings. The highest BCUT2D eigenvalue weighted by Gasteiger charge is 2.13. The van der Waals surface area contributed by atoms with Crippen LogP contribution < -0.4 is 15.4 Å². The summed E-state index contributed by atoms with van der Waals surface area (Å²) in [6.07, 6.45) is 4.90. The third-order valence-electron chi connectivity index (χ3n) is 4.50. The number of ketones is 1. The largest absolute Gasteiger partial charge is 0.494 e. The molecular weight excluding hydrogens is 316 g/mol. The zero-order valence-electron chi connectivity index (χ0n) is 15.2. The fraction of sp³-hybridized carbons (Fsp3) is 0.600. The van der Waals surface area contributed by atoms with Gasteiger partial charge < -0.3 is 15.4 Å². The summed E-state index contributed by atoms with van der Waals surface area (Å²) in [7, 11) is 0. The molecule has 0 saturated carbocycles. The lowest BCUT2D eigenvalue weighted by Crippen LogP contribution is -2.33. The van der Waals surface area contributed by atoms with Crippen molar-refractivity contribution >= 4 is 11.7 Å². The second kappa shape index (κ2) is 10.9. The molecule has 0 aliphatic carbocycles. The molecule has 1 heterocycles. The third-order valence-corrected chi connectivity index (χ3v) is 4.50. The average Bonchev–Trinajstić information content (AvgIpc) is 2.65. The molecule has 2 rings (SSSR count). The monoisotopic (exact) mass is 346 g/mol. The van der Waals surface area contributed by atoms with Gasteiger partial charge in [-0.3, -0.25) is 9.59 Å². The number of rotatable bonds is 10. The van der Waals surface area contributed by atoms with Crippen molar-refractivity contribution in [3.05, 3.63) is 29.8 Å². The van der Waals surface area contributed by atoms with Gasteiger partial charge in [0.2, 0.25) is 5.91 Å². The molecular formula is C20H30N2O3. The summed E-state index contributed by atoms with van der Waals surface area (Å²) in [4.78, 5) is 24.1. The van der Waals surface area contributed by atoms with Crippen LogP contribution in [-0.2, 0) is 4.79 Å². The van der Waals surface area contributed by atoms with Crippen LogP contribution in [0.5, 0.6) is 5.75 Å². The maximum absolute atomic E-state index is 12.2. The highest BCUT2D eigenvalue weighted by atomic mass is 16.5. The lowest BCUT2D eigenvalue weighted by Gasteiger charge is -2.22. The van der Waals surface area contributed by atoms with Crippen LogP contribution in [0.2, 0.25) is 0 Å². The molecule has 1 saturated heterocycles. The average molecular weight is 346 g/mol. The first kappa shape index (κ1) is 19.4. The highest BCUT2D eigenvalue weighted by molar-refractivity contribution is 5.98. The maximum atomic E-state index is 12.2. The predicted octanol–water partition coefficient (Wildman–Crippen LogP) is 2.94. The maximum Gasteiger partial charge on any atom is 0.220 e. The van der Waals surface area contributed by atoms with Gasteiger partial charge in [0, 0.05) is 24.9 Å². The first-order chi connectivity index (χ1) is 12.2. The number of benzene rings is 1. The van der Waals surface area contributed by atoms with Crippen LogP contribution in [0, 0.1) is 5.92 Å². The van der Waals surface area contributed by atoms with Gasteiger partial charge in [-0.25, -0.2) is 0 Å². The van der Waals surface area contributed by atoms with Crippen LogP contribution in [0.4, 0.5) is 0 Å². The second-order valence-electron chi connectivity index (χ2n) is 6.65. The predicted molar refractivity (Wildman–Crippen MR) is 99.0 cm³/mol. The fourth-order valence-electron chi connectivity index (χ4n) is 3.00. The fourth-order valence-corrected chi connectivity index (χ4v) is 3.00. The van der Waals surface area contributed by atoms with Gasteiger partial charge in [-0.15, -0.1) is 0 Å². The zero-order valence-corrected chi connectivity index (χ0v) is 15.2. The van der Waals surface area contributed by atoms with Crippen LogP contribution in [0.1, 0.15) is 55.8 Å². The molecule has 0 spiro atoms. The van der Waals surface area contributed by atoms with Gasteiger partial charge in [0.05, 0.1) is 6.61 Å². The summed E-state index contributed by atoms with van der Waals surface area (Å²) in [5.41, 5.74) is 0.630. The number of carbonyl (C=O) groups excluding carboxylic acids is 2. The number of amides is 1. The van der Waals surface area contributed by atoms with Crippen molar-refractivity contribution in [3.8, 4) is 5.75 Å². The third kappa shape index (κ3) is 7.26. The van der Waals surface area contributed by atoms with Crippen molar-refractivity contribution in [1.82, 2.24) is 10.6 Å². The van der Waals surface area contributed by atoms with Crippen molar-refractivity contribution in [1.29, 1.82) is 0 Å². The minimum Gasteiger partial charge on any atom is -0.494 e. The van der Waals surface area contributed by atoms with E-state index in [2.05, 4.69) is 17.6 Å². The molecule has 5 nitrogen and oxygen atoms in total. The topological polar surface area (TPSA) is 67.4 Å². The first-order valence-electron chi connectivity index (χ1n) is 9.42. The van der Waals surface area contributed by atoms with E-state index in [1.54, 1.807) is 24.3 Å². The van der Waals surface area contributed by atoms with Gasteiger partial charge in [-0.1, -0.05) is 6.92 Å². The van der Waals surface area contributed by atoms with E-state index in [9.17, 15) is 9.59 Å². The molecule has 0 bridgehead atoms. The summed E-state index contributed by atoms with van der Waals surface area (Å²) < 4.78 is 5.50. The zero-order chi connectivity index (χ0) is 17.9. The molecule has 1 aliphatic rings. The van der Waals surface area contributed by atoms with Gasteiger partial charge in [-0.2, -0.15) is 0 Å². The molecule has 1 atom stereocenters. The van der Waals surface area contributed by atoms with Crippen LogP contribution >= 0.6 is 0 Å². The number of nitrogens with one attached hydrogen (secondary N) is 2. The van der Waals surface area contributed by atoms with E-state index in [1.807, 2.05) is 0 Å². The molecule has 0 radical (unpaired) electrons. The van der Waals surface area contributed by atoms with Crippen molar-refractivity contribution in [2.24, 2.45) is 5.92 Å². The Balaban J connectivity index is 1.63. The SMILES string of the molecule is CCCOc1ccc(C(=O)CCC(=O)NCCC2CCCNC2)cc1. The summed E-state index contributed by atoms with van der Waals surface area (Å²) >= 11 is 0. The van der Waals surface area contributed by atoms with E-state index < -0.39 is 0 Å². The van der Waals surface area contributed by atoms with Gasteiger partial charge >= 0.3 is 0 Å². The minimum atomic E-state index is -0.0417. The summed E-state index contributed by atoms with van der Waals surface area (Å²) in [5.74, 6) is 1.38. The van der Waals surface area contributed by atoms with Gasteiger partial charge in [0.15, 0.2) is 5.78 Å². The van der Waals surface area contributed by atoms with E-state index >= 15 is 0 Å². The standard InChI is InChI=1S/C20H30N2O3/c1-2-14-25-18-7-5-17(6-8-18)19(23)9-10-20(24)22-13-11-16-4-3-12-21-15-16/h5-8,16,21H,2-4,9-15H2,1H3,(H,22,24).